The molecule has 1 amide bonds. The van der Waals surface area contributed by atoms with Gasteiger partial charge >= 0.3 is 0 Å². The average Bonchev–Trinajstić information content (AvgIpc) is 3.02. The van der Waals surface area contributed by atoms with E-state index in [1.165, 1.54) is 18.3 Å². The number of hydrogen-bond acceptors (Lipinski definition) is 4. The Hall–Kier alpha value is -2.41. The van der Waals surface area contributed by atoms with E-state index in [-0.39, 0.29) is 17.8 Å². The lowest BCUT2D eigenvalue weighted by molar-refractivity contribution is 0.0939. The van der Waals surface area contributed by atoms with Crippen LogP contribution in [0, 0.1) is 12.7 Å². The summed E-state index contributed by atoms with van der Waals surface area (Å²) >= 11 is 0. The lowest BCUT2D eigenvalue weighted by Gasteiger charge is -2.36. The first-order chi connectivity index (χ1) is 12.0. The largest absolute Gasteiger partial charge is 0.369 e. The van der Waals surface area contributed by atoms with E-state index in [1.54, 1.807) is 6.92 Å². The van der Waals surface area contributed by atoms with Gasteiger partial charge in [0.1, 0.15) is 5.82 Å². The van der Waals surface area contributed by atoms with E-state index in [1.807, 2.05) is 13.0 Å². The first-order valence-electron chi connectivity index (χ1n) is 8.49. The zero-order chi connectivity index (χ0) is 18.0. The van der Waals surface area contributed by atoms with E-state index >= 15 is 0 Å². The highest BCUT2D eigenvalue weighted by atomic mass is 19.1. The molecule has 2 N–H and O–H groups in total. The van der Waals surface area contributed by atoms with Crippen LogP contribution in [0.5, 0.6) is 0 Å². The summed E-state index contributed by atoms with van der Waals surface area (Å²) in [6, 6.07) is 4.49. The molecule has 0 bridgehead atoms. The predicted octanol–water partition coefficient (Wildman–Crippen LogP) is 2.10. The minimum Gasteiger partial charge on any atom is -0.369 e. The van der Waals surface area contributed by atoms with Crippen molar-refractivity contribution in [3.63, 3.8) is 0 Å². The number of H-pyrrole nitrogens is 1. The Balaban J connectivity index is 1.81. The number of halogens is 1. The molecule has 0 spiro atoms. The van der Waals surface area contributed by atoms with Crippen LogP contribution < -0.4 is 10.2 Å². The highest BCUT2D eigenvalue weighted by molar-refractivity contribution is 5.95. The molecule has 25 heavy (non-hydrogen) atoms. The summed E-state index contributed by atoms with van der Waals surface area (Å²) in [6.45, 7) is 7.37. The fourth-order valence-corrected chi connectivity index (χ4v) is 3.14. The summed E-state index contributed by atoms with van der Waals surface area (Å²) in [5.74, 6) is -0.513. The summed E-state index contributed by atoms with van der Waals surface area (Å²) < 4.78 is 13.9. The monoisotopic (exact) mass is 345 g/mol. The van der Waals surface area contributed by atoms with Crippen LogP contribution in [0.15, 0.2) is 24.4 Å². The standard InChI is InChI=1S/C18H24FN5O/c1-12(21-18(25)16-11-20-22-13(16)2)15-10-14(19)4-5-17(15)24-8-6-23(3)7-9-24/h4-5,10-12H,6-9H2,1-3H3,(H,20,22)(H,21,25)/t12-/m0/s1. The molecule has 0 saturated carbocycles. The second-order valence-electron chi connectivity index (χ2n) is 6.60. The Morgan fingerprint density at radius 3 is 2.68 bits per heavy atom. The fourth-order valence-electron chi connectivity index (χ4n) is 3.14. The smallest absolute Gasteiger partial charge is 0.255 e. The molecule has 1 atom stereocenters. The Labute approximate surface area is 147 Å². The first kappa shape index (κ1) is 17.4. The van der Waals surface area contributed by atoms with Crippen molar-refractivity contribution >= 4 is 11.6 Å². The third-order valence-corrected chi connectivity index (χ3v) is 4.72. The van der Waals surface area contributed by atoms with Crippen molar-refractivity contribution in [2.24, 2.45) is 0 Å². The number of aromatic amines is 1. The number of anilines is 1. The topological polar surface area (TPSA) is 64.3 Å². The number of likely N-dealkylation sites (N-methyl/N-ethyl adjacent to an activating group) is 1. The van der Waals surface area contributed by atoms with Crippen molar-refractivity contribution in [2.75, 3.05) is 38.1 Å². The van der Waals surface area contributed by atoms with Crippen molar-refractivity contribution < 1.29 is 9.18 Å². The number of nitrogens with one attached hydrogen (secondary N) is 2. The summed E-state index contributed by atoms with van der Waals surface area (Å²) in [7, 11) is 2.10. The zero-order valence-electron chi connectivity index (χ0n) is 14.8. The molecule has 0 unspecified atom stereocenters. The van der Waals surface area contributed by atoms with Crippen LogP contribution in [-0.4, -0.2) is 54.2 Å². The first-order valence-corrected chi connectivity index (χ1v) is 8.49. The molecule has 2 aromatic rings. The molecular weight excluding hydrogens is 321 g/mol. The second-order valence-corrected chi connectivity index (χ2v) is 6.60. The Kier molecular flexibility index (Phi) is 5.03. The minimum atomic E-state index is -0.313. The number of aryl methyl sites for hydroxylation is 1. The Morgan fingerprint density at radius 1 is 1.32 bits per heavy atom. The number of hydrogen-bond donors (Lipinski definition) is 2. The molecule has 3 rings (SSSR count). The number of nitrogens with zero attached hydrogens (tertiary/aromatic N) is 3. The van der Waals surface area contributed by atoms with Crippen molar-refractivity contribution in [3.05, 3.63) is 47.0 Å². The molecule has 1 fully saturated rings. The number of aromatic nitrogens is 2. The summed E-state index contributed by atoms with van der Waals surface area (Å²) in [4.78, 5) is 17.0. The van der Waals surface area contributed by atoms with Gasteiger partial charge in [0.05, 0.1) is 17.8 Å². The van der Waals surface area contributed by atoms with Crippen LogP contribution >= 0.6 is 0 Å². The number of carbonyl (C=O) groups excluding carboxylic acids is 1. The van der Waals surface area contributed by atoms with Crippen molar-refractivity contribution in [1.29, 1.82) is 0 Å². The van der Waals surface area contributed by atoms with Crippen LogP contribution in [0.3, 0.4) is 0 Å². The van der Waals surface area contributed by atoms with E-state index in [9.17, 15) is 9.18 Å². The quantitative estimate of drug-likeness (QED) is 0.891. The van der Waals surface area contributed by atoms with Crippen molar-refractivity contribution in [1.82, 2.24) is 20.4 Å². The van der Waals surface area contributed by atoms with Gasteiger partial charge in [-0.15, -0.1) is 0 Å². The van der Waals surface area contributed by atoms with E-state index in [0.29, 0.717) is 11.3 Å². The maximum absolute atomic E-state index is 13.9. The fraction of sp³-hybridized carbons (Fsp3) is 0.444. The van der Waals surface area contributed by atoms with Gasteiger partial charge in [-0.1, -0.05) is 0 Å². The van der Waals surface area contributed by atoms with Gasteiger partial charge in [0.2, 0.25) is 0 Å². The van der Waals surface area contributed by atoms with Gasteiger partial charge < -0.3 is 15.1 Å². The van der Waals surface area contributed by atoms with E-state index in [0.717, 1.165) is 37.4 Å². The molecule has 7 heteroatoms. The van der Waals surface area contributed by atoms with Gasteiger partial charge in [-0.25, -0.2) is 4.39 Å². The van der Waals surface area contributed by atoms with Gasteiger partial charge in [-0.2, -0.15) is 5.10 Å². The number of benzene rings is 1. The van der Waals surface area contributed by atoms with Crippen molar-refractivity contribution in [2.45, 2.75) is 19.9 Å². The maximum atomic E-state index is 13.9. The predicted molar refractivity (Wildman–Crippen MR) is 95.3 cm³/mol. The number of amides is 1. The number of rotatable bonds is 4. The molecule has 1 aromatic carbocycles. The summed E-state index contributed by atoms with van der Waals surface area (Å²) in [6.07, 6.45) is 1.50. The highest BCUT2D eigenvalue weighted by Gasteiger charge is 2.22. The molecule has 1 aromatic heterocycles. The van der Waals surface area contributed by atoms with Gasteiger partial charge in [-0.05, 0) is 39.1 Å². The lowest BCUT2D eigenvalue weighted by atomic mass is 10.0. The van der Waals surface area contributed by atoms with Gasteiger partial charge in [-0.3, -0.25) is 9.89 Å². The van der Waals surface area contributed by atoms with Crippen LogP contribution in [-0.2, 0) is 0 Å². The molecule has 0 radical (unpaired) electrons. The van der Waals surface area contributed by atoms with Crippen LogP contribution in [0.4, 0.5) is 10.1 Å². The summed E-state index contributed by atoms with van der Waals surface area (Å²) in [5.41, 5.74) is 2.98. The lowest BCUT2D eigenvalue weighted by Crippen LogP contribution is -2.45. The molecule has 1 saturated heterocycles. The molecule has 0 aliphatic carbocycles. The van der Waals surface area contributed by atoms with Crippen LogP contribution in [0.1, 0.15) is 34.6 Å². The van der Waals surface area contributed by atoms with E-state index < -0.39 is 0 Å². The minimum absolute atomic E-state index is 0.215. The SMILES string of the molecule is Cc1[nH]ncc1C(=O)N[C@@H](C)c1cc(F)ccc1N1CCN(C)CC1. The maximum Gasteiger partial charge on any atom is 0.255 e. The number of piperazine rings is 1. The molecule has 134 valence electrons. The average molecular weight is 345 g/mol. The highest BCUT2D eigenvalue weighted by Crippen LogP contribution is 2.28. The Bertz CT molecular complexity index is 752. The van der Waals surface area contributed by atoms with Crippen LogP contribution in [0.2, 0.25) is 0 Å². The van der Waals surface area contributed by atoms with Gasteiger partial charge in [0.25, 0.3) is 5.91 Å². The van der Waals surface area contributed by atoms with E-state index in [2.05, 4.69) is 32.4 Å². The normalized spacial score (nSPS) is 16.7. The van der Waals surface area contributed by atoms with Gasteiger partial charge in [0.15, 0.2) is 0 Å². The molecule has 1 aliphatic heterocycles. The van der Waals surface area contributed by atoms with Crippen LogP contribution in [0.25, 0.3) is 0 Å². The zero-order valence-corrected chi connectivity index (χ0v) is 14.8. The second kappa shape index (κ2) is 7.23. The Morgan fingerprint density at radius 2 is 2.04 bits per heavy atom. The summed E-state index contributed by atoms with van der Waals surface area (Å²) in [5, 5.41) is 9.58. The molecule has 1 aliphatic rings. The molecule has 2 heterocycles. The molecule has 6 nitrogen and oxygen atoms in total. The van der Waals surface area contributed by atoms with Crippen molar-refractivity contribution in [3.8, 4) is 0 Å². The number of carbonyl (C=O) groups is 1. The third-order valence-electron chi connectivity index (χ3n) is 4.72. The van der Waals surface area contributed by atoms with E-state index in [4.69, 9.17) is 0 Å². The van der Waals surface area contributed by atoms with Gasteiger partial charge in [0, 0.05) is 43.1 Å². The molecular formula is C18H24FN5O. The third kappa shape index (κ3) is 3.82.